The van der Waals surface area contributed by atoms with Crippen LogP contribution in [0.15, 0.2) is 42.6 Å². The third-order valence-electron chi connectivity index (χ3n) is 3.29. The fraction of sp³-hybridized carbons (Fsp3) is 0.353. The maximum atomic E-state index is 5.27. The summed E-state index contributed by atoms with van der Waals surface area (Å²) in [6, 6.07) is 12.2. The molecule has 2 rings (SSSR count). The van der Waals surface area contributed by atoms with Crippen LogP contribution in [0.2, 0.25) is 0 Å². The molecule has 1 N–H and O–H groups in total. The SMILES string of the molecule is CCCNc1ccnc(CN(C)c2cccc(OC)c2)c1. The van der Waals surface area contributed by atoms with E-state index in [1.54, 1.807) is 7.11 Å². The zero-order valence-electron chi connectivity index (χ0n) is 13.0. The lowest BCUT2D eigenvalue weighted by Crippen LogP contribution is -2.17. The van der Waals surface area contributed by atoms with Crippen LogP contribution in [0.25, 0.3) is 0 Å². The van der Waals surface area contributed by atoms with Crippen LogP contribution in [0.3, 0.4) is 0 Å². The number of benzene rings is 1. The smallest absolute Gasteiger partial charge is 0.120 e. The number of nitrogens with one attached hydrogen (secondary N) is 1. The second-order valence-electron chi connectivity index (χ2n) is 5.02. The molecule has 0 aliphatic rings. The van der Waals surface area contributed by atoms with E-state index in [0.717, 1.165) is 42.3 Å². The standard InChI is InChI=1S/C17H23N3O/c1-4-9-18-14-8-10-19-15(11-14)13-20(2)16-6-5-7-17(12-16)21-3/h5-8,10-12H,4,9,13H2,1-3H3,(H,18,19). The van der Waals surface area contributed by atoms with Gasteiger partial charge in [-0.05, 0) is 30.7 Å². The summed E-state index contributed by atoms with van der Waals surface area (Å²) in [5.41, 5.74) is 3.28. The van der Waals surface area contributed by atoms with Crippen molar-refractivity contribution in [3.63, 3.8) is 0 Å². The number of pyridine rings is 1. The van der Waals surface area contributed by atoms with Gasteiger partial charge in [0.05, 0.1) is 19.3 Å². The minimum absolute atomic E-state index is 0.759. The Hall–Kier alpha value is -2.23. The largest absolute Gasteiger partial charge is 0.497 e. The molecule has 0 atom stereocenters. The van der Waals surface area contributed by atoms with Crippen molar-refractivity contribution in [2.24, 2.45) is 0 Å². The Kier molecular flexibility index (Phi) is 5.43. The van der Waals surface area contributed by atoms with Crippen molar-refractivity contribution in [1.29, 1.82) is 0 Å². The molecule has 0 aliphatic heterocycles. The Balaban J connectivity index is 2.06. The zero-order valence-corrected chi connectivity index (χ0v) is 13.0. The van der Waals surface area contributed by atoms with Crippen molar-refractivity contribution in [3.05, 3.63) is 48.3 Å². The maximum absolute atomic E-state index is 5.27. The van der Waals surface area contributed by atoms with E-state index in [1.807, 2.05) is 30.5 Å². The van der Waals surface area contributed by atoms with Gasteiger partial charge in [-0.25, -0.2) is 0 Å². The predicted octanol–water partition coefficient (Wildman–Crippen LogP) is 3.55. The van der Waals surface area contributed by atoms with Gasteiger partial charge < -0.3 is 15.0 Å². The molecule has 0 saturated carbocycles. The minimum Gasteiger partial charge on any atom is -0.497 e. The fourth-order valence-electron chi connectivity index (χ4n) is 2.13. The van der Waals surface area contributed by atoms with Crippen LogP contribution in [0.5, 0.6) is 5.75 Å². The average molecular weight is 285 g/mol. The normalized spacial score (nSPS) is 10.2. The van der Waals surface area contributed by atoms with E-state index in [1.165, 1.54) is 0 Å². The molecule has 0 fully saturated rings. The fourth-order valence-corrected chi connectivity index (χ4v) is 2.13. The molecular weight excluding hydrogens is 262 g/mol. The summed E-state index contributed by atoms with van der Waals surface area (Å²) >= 11 is 0. The summed E-state index contributed by atoms with van der Waals surface area (Å²) in [6.45, 7) is 3.90. The first-order chi connectivity index (χ1) is 10.2. The molecule has 1 heterocycles. The molecule has 0 bridgehead atoms. The molecule has 112 valence electrons. The lowest BCUT2D eigenvalue weighted by atomic mass is 10.2. The number of ether oxygens (including phenoxy) is 1. The highest BCUT2D eigenvalue weighted by Gasteiger charge is 2.05. The number of rotatable bonds is 7. The summed E-state index contributed by atoms with van der Waals surface area (Å²) in [4.78, 5) is 6.60. The van der Waals surface area contributed by atoms with E-state index in [4.69, 9.17) is 4.74 Å². The topological polar surface area (TPSA) is 37.4 Å². The summed E-state index contributed by atoms with van der Waals surface area (Å²) in [5, 5.41) is 3.39. The Morgan fingerprint density at radius 3 is 2.86 bits per heavy atom. The monoisotopic (exact) mass is 285 g/mol. The van der Waals surface area contributed by atoms with Crippen molar-refractivity contribution < 1.29 is 4.74 Å². The summed E-state index contributed by atoms with van der Waals surface area (Å²) < 4.78 is 5.27. The first-order valence-electron chi connectivity index (χ1n) is 7.27. The molecule has 0 amide bonds. The van der Waals surface area contributed by atoms with Crippen LogP contribution >= 0.6 is 0 Å². The van der Waals surface area contributed by atoms with Crippen LogP contribution < -0.4 is 15.0 Å². The van der Waals surface area contributed by atoms with Crippen molar-refractivity contribution in [2.45, 2.75) is 19.9 Å². The number of hydrogen-bond donors (Lipinski definition) is 1. The van der Waals surface area contributed by atoms with Crippen LogP contribution in [0, 0.1) is 0 Å². The van der Waals surface area contributed by atoms with Crippen LogP contribution in [0.4, 0.5) is 11.4 Å². The van der Waals surface area contributed by atoms with Gasteiger partial charge in [-0.3, -0.25) is 4.98 Å². The van der Waals surface area contributed by atoms with Crippen molar-refractivity contribution in [2.75, 3.05) is 30.9 Å². The van der Waals surface area contributed by atoms with E-state index >= 15 is 0 Å². The lowest BCUT2D eigenvalue weighted by Gasteiger charge is -2.19. The highest BCUT2D eigenvalue weighted by atomic mass is 16.5. The second-order valence-corrected chi connectivity index (χ2v) is 5.02. The molecule has 1 aromatic heterocycles. The summed E-state index contributed by atoms with van der Waals surface area (Å²) in [6.07, 6.45) is 2.97. The quantitative estimate of drug-likeness (QED) is 0.844. The maximum Gasteiger partial charge on any atom is 0.120 e. The zero-order chi connectivity index (χ0) is 15.1. The molecule has 0 aliphatic carbocycles. The van der Waals surface area contributed by atoms with Gasteiger partial charge in [0.15, 0.2) is 0 Å². The Labute approximate surface area is 126 Å². The highest BCUT2D eigenvalue weighted by Crippen LogP contribution is 2.21. The van der Waals surface area contributed by atoms with Crippen molar-refractivity contribution >= 4 is 11.4 Å². The Morgan fingerprint density at radius 2 is 2.10 bits per heavy atom. The van der Waals surface area contributed by atoms with E-state index in [9.17, 15) is 0 Å². The average Bonchev–Trinajstić information content (AvgIpc) is 2.53. The van der Waals surface area contributed by atoms with Gasteiger partial charge in [0, 0.05) is 37.2 Å². The first kappa shape index (κ1) is 15.2. The van der Waals surface area contributed by atoms with Gasteiger partial charge in [-0.1, -0.05) is 13.0 Å². The Bertz CT molecular complexity index is 571. The first-order valence-corrected chi connectivity index (χ1v) is 7.27. The molecule has 1 aromatic carbocycles. The number of methoxy groups -OCH3 is 1. The van der Waals surface area contributed by atoms with E-state index < -0.39 is 0 Å². The third-order valence-corrected chi connectivity index (χ3v) is 3.29. The van der Waals surface area contributed by atoms with Gasteiger partial charge in [-0.15, -0.1) is 0 Å². The van der Waals surface area contributed by atoms with E-state index in [0.29, 0.717) is 0 Å². The molecule has 0 spiro atoms. The number of anilines is 2. The summed E-state index contributed by atoms with van der Waals surface area (Å²) in [5.74, 6) is 0.866. The molecule has 0 unspecified atom stereocenters. The molecule has 21 heavy (non-hydrogen) atoms. The second kappa shape index (κ2) is 7.53. The number of aromatic nitrogens is 1. The lowest BCUT2D eigenvalue weighted by molar-refractivity contribution is 0.415. The molecule has 0 radical (unpaired) electrons. The third kappa shape index (κ3) is 4.38. The molecule has 2 aromatic rings. The summed E-state index contributed by atoms with van der Waals surface area (Å²) in [7, 11) is 3.74. The predicted molar refractivity (Wildman–Crippen MR) is 88.1 cm³/mol. The van der Waals surface area contributed by atoms with Crippen molar-refractivity contribution in [3.8, 4) is 5.75 Å². The van der Waals surface area contributed by atoms with E-state index in [2.05, 4.69) is 41.3 Å². The highest BCUT2D eigenvalue weighted by molar-refractivity contribution is 5.51. The van der Waals surface area contributed by atoms with Gasteiger partial charge in [-0.2, -0.15) is 0 Å². The van der Waals surface area contributed by atoms with Crippen molar-refractivity contribution in [1.82, 2.24) is 4.98 Å². The van der Waals surface area contributed by atoms with Crippen LogP contribution in [-0.4, -0.2) is 25.7 Å². The van der Waals surface area contributed by atoms with E-state index in [-0.39, 0.29) is 0 Å². The molecule has 4 nitrogen and oxygen atoms in total. The van der Waals surface area contributed by atoms with Gasteiger partial charge >= 0.3 is 0 Å². The van der Waals surface area contributed by atoms with Crippen LogP contribution in [-0.2, 0) is 6.54 Å². The number of hydrogen-bond acceptors (Lipinski definition) is 4. The van der Waals surface area contributed by atoms with Gasteiger partial charge in [0.2, 0.25) is 0 Å². The van der Waals surface area contributed by atoms with Crippen LogP contribution in [0.1, 0.15) is 19.0 Å². The minimum atomic E-state index is 0.759. The molecule has 0 saturated heterocycles. The Morgan fingerprint density at radius 1 is 1.24 bits per heavy atom. The van der Waals surface area contributed by atoms with Gasteiger partial charge in [0.1, 0.15) is 5.75 Å². The molecule has 4 heteroatoms. The molecular formula is C17H23N3O. The van der Waals surface area contributed by atoms with Gasteiger partial charge in [0.25, 0.3) is 0 Å². The number of nitrogens with zero attached hydrogens (tertiary/aromatic N) is 2.